The summed E-state index contributed by atoms with van der Waals surface area (Å²) in [6, 6.07) is 4.79. The highest BCUT2D eigenvalue weighted by Crippen LogP contribution is 2.25. The van der Waals surface area contributed by atoms with Crippen molar-refractivity contribution >= 4 is 17.2 Å². The lowest BCUT2D eigenvalue weighted by Gasteiger charge is -2.37. The van der Waals surface area contributed by atoms with Gasteiger partial charge in [-0.2, -0.15) is 0 Å². The first-order chi connectivity index (χ1) is 9.24. The Morgan fingerprint density at radius 3 is 2.42 bits per heavy atom. The highest BCUT2D eigenvalue weighted by Gasteiger charge is 2.28. The van der Waals surface area contributed by atoms with E-state index in [1.807, 2.05) is 17.0 Å². The Morgan fingerprint density at radius 1 is 1.16 bits per heavy atom. The van der Waals surface area contributed by atoms with Crippen LogP contribution in [0.2, 0.25) is 0 Å². The first-order valence-corrected chi connectivity index (χ1v) is 8.15. The average Bonchev–Trinajstić information content (AvgIpc) is 3.09. The van der Waals surface area contributed by atoms with E-state index in [9.17, 15) is 4.79 Å². The van der Waals surface area contributed by atoms with Gasteiger partial charge in [-0.15, -0.1) is 11.3 Å². The molecular weight excluding hydrogens is 256 g/mol. The van der Waals surface area contributed by atoms with Gasteiger partial charge in [0, 0.05) is 37.1 Å². The van der Waals surface area contributed by atoms with Crippen molar-refractivity contribution in [2.24, 2.45) is 0 Å². The zero-order valence-electron chi connectivity index (χ0n) is 11.6. The van der Waals surface area contributed by atoms with Gasteiger partial charge in [0.15, 0.2) is 0 Å². The van der Waals surface area contributed by atoms with Crippen LogP contribution >= 0.6 is 11.3 Å². The summed E-state index contributed by atoms with van der Waals surface area (Å²) in [7, 11) is 0. The molecule has 0 bridgehead atoms. The minimum atomic E-state index is 0.226. The molecule has 0 N–H and O–H groups in total. The number of thiophene rings is 1. The van der Waals surface area contributed by atoms with Crippen LogP contribution in [0.4, 0.5) is 0 Å². The summed E-state index contributed by atoms with van der Waals surface area (Å²) >= 11 is 1.61. The quantitative estimate of drug-likeness (QED) is 0.830. The van der Waals surface area contributed by atoms with Gasteiger partial charge in [0.2, 0.25) is 0 Å². The standard InChI is InChI=1S/C15H22N2OS/c1-12-6-7-14(19-12)15(18)17-10-8-16(9-11-17)13-4-2-3-5-13/h6-7,13H,2-5,8-11H2,1H3. The van der Waals surface area contributed by atoms with Gasteiger partial charge in [0.05, 0.1) is 4.88 Å². The lowest BCUT2D eigenvalue weighted by Crippen LogP contribution is -2.51. The summed E-state index contributed by atoms with van der Waals surface area (Å²) in [4.78, 5) is 19.1. The molecule has 1 aromatic rings. The van der Waals surface area contributed by atoms with E-state index in [0.29, 0.717) is 0 Å². The minimum Gasteiger partial charge on any atom is -0.335 e. The van der Waals surface area contributed by atoms with E-state index in [2.05, 4.69) is 11.8 Å². The number of carbonyl (C=O) groups is 1. The summed E-state index contributed by atoms with van der Waals surface area (Å²) in [5, 5.41) is 0. The fraction of sp³-hybridized carbons (Fsp3) is 0.667. The number of hydrogen-bond donors (Lipinski definition) is 0. The maximum atomic E-state index is 12.4. The van der Waals surface area contributed by atoms with Crippen molar-refractivity contribution in [1.29, 1.82) is 0 Å². The van der Waals surface area contributed by atoms with Crippen molar-refractivity contribution in [2.45, 2.75) is 38.6 Å². The second-order valence-electron chi connectivity index (χ2n) is 5.68. The zero-order valence-corrected chi connectivity index (χ0v) is 12.4. The smallest absolute Gasteiger partial charge is 0.264 e. The molecule has 0 unspecified atom stereocenters. The lowest BCUT2D eigenvalue weighted by molar-refractivity contribution is 0.0578. The van der Waals surface area contributed by atoms with Crippen molar-refractivity contribution < 1.29 is 4.79 Å². The maximum Gasteiger partial charge on any atom is 0.264 e. The van der Waals surface area contributed by atoms with Crippen LogP contribution in [-0.2, 0) is 0 Å². The van der Waals surface area contributed by atoms with Gasteiger partial charge in [-0.25, -0.2) is 0 Å². The molecule has 1 saturated carbocycles. The van der Waals surface area contributed by atoms with Crippen LogP contribution in [0.1, 0.15) is 40.2 Å². The number of hydrogen-bond acceptors (Lipinski definition) is 3. The number of amides is 1. The van der Waals surface area contributed by atoms with Gasteiger partial charge in [-0.1, -0.05) is 12.8 Å². The summed E-state index contributed by atoms with van der Waals surface area (Å²) in [5.74, 6) is 0.226. The molecule has 1 amide bonds. The molecule has 0 aromatic carbocycles. The number of nitrogens with zero attached hydrogens (tertiary/aromatic N) is 2. The van der Waals surface area contributed by atoms with Gasteiger partial charge in [0.25, 0.3) is 5.91 Å². The molecule has 0 spiro atoms. The predicted octanol–water partition coefficient (Wildman–Crippen LogP) is 2.76. The third-order valence-corrected chi connectivity index (χ3v) is 5.38. The normalized spacial score (nSPS) is 22.1. The third-order valence-electron chi connectivity index (χ3n) is 4.39. The molecule has 104 valence electrons. The molecule has 1 saturated heterocycles. The van der Waals surface area contributed by atoms with E-state index in [1.54, 1.807) is 11.3 Å². The van der Waals surface area contributed by atoms with Crippen molar-refractivity contribution in [3.63, 3.8) is 0 Å². The van der Waals surface area contributed by atoms with Crippen molar-refractivity contribution in [3.8, 4) is 0 Å². The molecule has 2 fully saturated rings. The summed E-state index contributed by atoms with van der Waals surface area (Å²) in [5.41, 5.74) is 0. The highest BCUT2D eigenvalue weighted by atomic mass is 32.1. The molecular formula is C15H22N2OS. The molecule has 2 aliphatic rings. The van der Waals surface area contributed by atoms with E-state index in [1.165, 1.54) is 30.6 Å². The first kappa shape index (κ1) is 13.1. The van der Waals surface area contributed by atoms with E-state index in [4.69, 9.17) is 0 Å². The van der Waals surface area contributed by atoms with E-state index in [0.717, 1.165) is 37.1 Å². The van der Waals surface area contributed by atoms with E-state index in [-0.39, 0.29) is 5.91 Å². The van der Waals surface area contributed by atoms with Crippen LogP contribution < -0.4 is 0 Å². The van der Waals surface area contributed by atoms with Crippen LogP contribution in [0.3, 0.4) is 0 Å². The van der Waals surface area contributed by atoms with Crippen molar-refractivity contribution in [2.75, 3.05) is 26.2 Å². The summed E-state index contributed by atoms with van der Waals surface area (Å²) in [6.07, 6.45) is 5.49. The van der Waals surface area contributed by atoms with E-state index < -0.39 is 0 Å². The Kier molecular flexibility index (Phi) is 3.89. The average molecular weight is 278 g/mol. The van der Waals surface area contributed by atoms with Gasteiger partial charge in [-0.3, -0.25) is 9.69 Å². The fourth-order valence-corrected chi connectivity index (χ4v) is 4.10. The predicted molar refractivity (Wildman–Crippen MR) is 78.8 cm³/mol. The second kappa shape index (κ2) is 5.63. The van der Waals surface area contributed by atoms with Gasteiger partial charge >= 0.3 is 0 Å². The molecule has 1 aliphatic heterocycles. The Balaban J connectivity index is 1.56. The SMILES string of the molecule is Cc1ccc(C(=O)N2CCN(C3CCCC3)CC2)s1. The molecule has 1 aromatic heterocycles. The van der Waals surface area contributed by atoms with Crippen LogP contribution in [0.25, 0.3) is 0 Å². The topological polar surface area (TPSA) is 23.6 Å². The molecule has 0 atom stereocenters. The van der Waals surface area contributed by atoms with Crippen LogP contribution in [0.15, 0.2) is 12.1 Å². The molecule has 4 heteroatoms. The van der Waals surface area contributed by atoms with Crippen molar-refractivity contribution in [1.82, 2.24) is 9.80 Å². The molecule has 3 rings (SSSR count). The summed E-state index contributed by atoms with van der Waals surface area (Å²) < 4.78 is 0. The Bertz CT molecular complexity index is 443. The number of aryl methyl sites for hydroxylation is 1. The maximum absolute atomic E-state index is 12.4. The number of piperazine rings is 1. The molecule has 0 radical (unpaired) electrons. The monoisotopic (exact) mass is 278 g/mol. The summed E-state index contributed by atoms with van der Waals surface area (Å²) in [6.45, 7) is 5.96. The zero-order chi connectivity index (χ0) is 13.2. The van der Waals surface area contributed by atoms with Crippen LogP contribution in [-0.4, -0.2) is 47.9 Å². The first-order valence-electron chi connectivity index (χ1n) is 7.34. The van der Waals surface area contributed by atoms with Gasteiger partial charge in [0.1, 0.15) is 0 Å². The molecule has 2 heterocycles. The fourth-order valence-electron chi connectivity index (χ4n) is 3.26. The van der Waals surface area contributed by atoms with Gasteiger partial charge in [-0.05, 0) is 31.9 Å². The minimum absolute atomic E-state index is 0.226. The molecule has 3 nitrogen and oxygen atoms in total. The Hall–Kier alpha value is -0.870. The van der Waals surface area contributed by atoms with Crippen LogP contribution in [0.5, 0.6) is 0 Å². The third kappa shape index (κ3) is 2.84. The largest absolute Gasteiger partial charge is 0.335 e. The lowest BCUT2D eigenvalue weighted by atomic mass is 10.2. The highest BCUT2D eigenvalue weighted by molar-refractivity contribution is 7.13. The molecule has 1 aliphatic carbocycles. The molecule has 19 heavy (non-hydrogen) atoms. The number of rotatable bonds is 2. The Labute approximate surface area is 119 Å². The van der Waals surface area contributed by atoms with E-state index >= 15 is 0 Å². The van der Waals surface area contributed by atoms with Gasteiger partial charge < -0.3 is 4.90 Å². The van der Waals surface area contributed by atoms with Crippen molar-refractivity contribution in [3.05, 3.63) is 21.9 Å². The second-order valence-corrected chi connectivity index (χ2v) is 6.96. The Morgan fingerprint density at radius 2 is 1.84 bits per heavy atom. The van der Waals surface area contributed by atoms with Crippen LogP contribution in [0, 0.1) is 6.92 Å². The number of carbonyl (C=O) groups excluding carboxylic acids is 1.